The zero-order valence-electron chi connectivity index (χ0n) is 7.73. The molecule has 0 unspecified atom stereocenters. The number of rotatable bonds is 1. The topological polar surface area (TPSA) is 80.2 Å². The molecule has 0 atom stereocenters. The van der Waals surface area contributed by atoms with E-state index in [1.165, 1.54) is 0 Å². The summed E-state index contributed by atoms with van der Waals surface area (Å²) in [6.07, 6.45) is 0. The maximum atomic E-state index is 9.56. The molecule has 0 heterocycles. The molecule has 0 saturated heterocycles. The van der Waals surface area contributed by atoms with Crippen molar-refractivity contribution < 1.29 is 16.1 Å². The Morgan fingerprint density at radius 3 is 2.08 bits per heavy atom. The van der Waals surface area contributed by atoms with Crippen LogP contribution in [0.15, 0.2) is 24.3 Å². The molecule has 0 spiro atoms. The van der Waals surface area contributed by atoms with Crippen LogP contribution >= 0.6 is 0 Å². The first kappa shape index (κ1) is 14.7. The van der Waals surface area contributed by atoms with E-state index in [1.807, 2.05) is 12.1 Å². The third-order valence-corrected chi connectivity index (χ3v) is 1.59. The Hall–Kier alpha value is -0.835. The summed E-state index contributed by atoms with van der Waals surface area (Å²) in [5.41, 5.74) is 0.733. The van der Waals surface area contributed by atoms with Gasteiger partial charge in [-0.3, -0.25) is 0 Å². The fourth-order valence-corrected chi connectivity index (χ4v) is 0.919. The van der Waals surface area contributed by atoms with E-state index in [2.05, 4.69) is 0 Å². The predicted octanol–water partition coefficient (Wildman–Crippen LogP) is 0.354. The second kappa shape index (κ2) is 5.02. The summed E-state index contributed by atoms with van der Waals surface area (Å²) in [6, 6.07) is 7.27. The minimum absolute atomic E-state index is 0. The standard InChI is InChI=1S/C9H11BO.2H2O/c1-9(2,11)7-4-3-5-8(10)6-7;;/h3-6,11H,1-2H3;2*1H2/q+2;;/p-2. The number of hydrogen-bond donors (Lipinski definition) is 1. The molecule has 0 aromatic heterocycles. The van der Waals surface area contributed by atoms with Gasteiger partial charge in [0.2, 0.25) is 0 Å². The summed E-state index contributed by atoms with van der Waals surface area (Å²) in [4.78, 5) is 0. The zero-order chi connectivity index (χ0) is 8.48. The molecule has 1 aromatic carbocycles. The van der Waals surface area contributed by atoms with Crippen molar-refractivity contribution in [3.8, 4) is 0 Å². The van der Waals surface area contributed by atoms with Gasteiger partial charge < -0.3 is 11.0 Å². The molecule has 4 heteroatoms. The maximum Gasteiger partial charge on any atom is -0.870 e. The van der Waals surface area contributed by atoms with Gasteiger partial charge in [-0.2, -0.15) is 0 Å². The van der Waals surface area contributed by atoms with Crippen molar-refractivity contribution in [2.75, 3.05) is 0 Å². The summed E-state index contributed by atoms with van der Waals surface area (Å²) >= 11 is 0. The molecule has 0 radical (unpaired) electrons. The molecular weight excluding hydrogens is 167 g/mol. The molecule has 0 fully saturated rings. The molecule has 0 bridgehead atoms. The first-order chi connectivity index (χ1) is 5.00. The van der Waals surface area contributed by atoms with Crippen molar-refractivity contribution in [1.29, 1.82) is 0 Å². The van der Waals surface area contributed by atoms with Gasteiger partial charge in [0.15, 0.2) is 0 Å². The molecule has 3 nitrogen and oxygen atoms in total. The van der Waals surface area contributed by atoms with Gasteiger partial charge in [0, 0.05) is 0 Å². The molecule has 0 aliphatic rings. The van der Waals surface area contributed by atoms with Gasteiger partial charge in [-0.15, -0.1) is 0 Å². The van der Waals surface area contributed by atoms with Crippen molar-refractivity contribution >= 4 is 13.3 Å². The van der Waals surface area contributed by atoms with Crippen LogP contribution in [-0.4, -0.2) is 23.9 Å². The normalized spacial score (nSPS) is 9.92. The van der Waals surface area contributed by atoms with Crippen LogP contribution in [0.25, 0.3) is 0 Å². The Morgan fingerprint density at radius 1 is 1.23 bits per heavy atom. The molecule has 1 aromatic rings. The van der Waals surface area contributed by atoms with Crippen molar-refractivity contribution in [2.24, 2.45) is 0 Å². The van der Waals surface area contributed by atoms with E-state index in [1.54, 1.807) is 26.0 Å². The molecule has 0 aliphatic carbocycles. The van der Waals surface area contributed by atoms with E-state index < -0.39 is 5.60 Å². The Bertz CT molecular complexity index is 255. The fraction of sp³-hybridized carbons (Fsp3) is 0.333. The third-order valence-electron chi connectivity index (χ3n) is 1.59. The summed E-state index contributed by atoms with van der Waals surface area (Å²) in [7, 11) is 5.54. The van der Waals surface area contributed by atoms with Gasteiger partial charge in [0.05, 0.1) is 0 Å². The molecule has 0 aliphatic heterocycles. The Morgan fingerprint density at radius 2 is 1.77 bits per heavy atom. The van der Waals surface area contributed by atoms with Crippen molar-refractivity contribution in [2.45, 2.75) is 19.4 Å². The van der Waals surface area contributed by atoms with Crippen molar-refractivity contribution in [3.05, 3.63) is 29.8 Å². The van der Waals surface area contributed by atoms with Crippen LogP contribution in [-0.2, 0) is 5.60 Å². The van der Waals surface area contributed by atoms with Gasteiger partial charge in [0.25, 0.3) is 0 Å². The quantitative estimate of drug-likeness (QED) is 0.633. The first-order valence-electron chi connectivity index (χ1n) is 3.58. The molecule has 1 rings (SSSR count). The van der Waals surface area contributed by atoms with E-state index in [0.717, 1.165) is 5.56 Å². The molecule has 0 amide bonds. The SMILES string of the molecule is [B+2]c1cccc(C(C)(C)O)c1.[OH-].[OH-]. The van der Waals surface area contributed by atoms with E-state index in [9.17, 15) is 5.11 Å². The zero-order valence-corrected chi connectivity index (χ0v) is 7.73. The van der Waals surface area contributed by atoms with Crippen LogP contribution in [0.4, 0.5) is 0 Å². The van der Waals surface area contributed by atoms with Gasteiger partial charge in [-0.25, -0.2) is 0 Å². The smallest absolute Gasteiger partial charge is 0.870 e. The molecular formula is C9H13BO3. The Kier molecular flexibility index (Phi) is 5.66. The molecule has 13 heavy (non-hydrogen) atoms. The van der Waals surface area contributed by atoms with Crippen LogP contribution < -0.4 is 5.46 Å². The summed E-state index contributed by atoms with van der Waals surface area (Å²) < 4.78 is 0. The Labute approximate surface area is 79.4 Å². The second-order valence-electron chi connectivity index (χ2n) is 3.18. The van der Waals surface area contributed by atoms with E-state index in [4.69, 9.17) is 7.85 Å². The van der Waals surface area contributed by atoms with E-state index in [-0.39, 0.29) is 11.0 Å². The van der Waals surface area contributed by atoms with Gasteiger partial charge >= 0.3 is 67.7 Å². The molecule has 3 N–H and O–H groups in total. The number of benzene rings is 1. The monoisotopic (exact) mass is 180 g/mol. The summed E-state index contributed by atoms with van der Waals surface area (Å²) in [6.45, 7) is 3.48. The van der Waals surface area contributed by atoms with Crippen LogP contribution in [0.3, 0.4) is 0 Å². The fourth-order valence-electron chi connectivity index (χ4n) is 0.919. The minimum atomic E-state index is -0.796. The van der Waals surface area contributed by atoms with Crippen LogP contribution in [0.5, 0.6) is 0 Å². The van der Waals surface area contributed by atoms with Gasteiger partial charge in [-0.05, 0) is 0 Å². The van der Waals surface area contributed by atoms with Crippen LogP contribution in [0.2, 0.25) is 0 Å². The molecule has 70 valence electrons. The van der Waals surface area contributed by atoms with Gasteiger partial charge in [-0.1, -0.05) is 0 Å². The van der Waals surface area contributed by atoms with Gasteiger partial charge in [0.1, 0.15) is 0 Å². The van der Waals surface area contributed by atoms with Crippen LogP contribution in [0.1, 0.15) is 19.4 Å². The van der Waals surface area contributed by atoms with Crippen LogP contribution in [0, 0.1) is 0 Å². The Balaban J connectivity index is 0. The number of aliphatic hydroxyl groups is 1. The number of hydrogen-bond acceptors (Lipinski definition) is 3. The summed E-state index contributed by atoms with van der Waals surface area (Å²) in [5.74, 6) is 0. The maximum absolute atomic E-state index is 9.56. The summed E-state index contributed by atoms with van der Waals surface area (Å²) in [5, 5.41) is 9.56. The predicted molar refractivity (Wildman–Crippen MR) is 50.9 cm³/mol. The minimum Gasteiger partial charge on any atom is -0.870 e. The average Bonchev–Trinajstić information content (AvgIpc) is 1.86. The third kappa shape index (κ3) is 4.08. The largest absolute Gasteiger partial charge is 0.870 e. The van der Waals surface area contributed by atoms with E-state index in [0.29, 0.717) is 5.46 Å². The molecule has 0 saturated carbocycles. The first-order valence-corrected chi connectivity index (χ1v) is 3.58. The second-order valence-corrected chi connectivity index (χ2v) is 3.18. The average molecular weight is 180 g/mol. The van der Waals surface area contributed by atoms with Crippen molar-refractivity contribution in [3.63, 3.8) is 0 Å². The van der Waals surface area contributed by atoms with Crippen molar-refractivity contribution in [1.82, 2.24) is 0 Å². The van der Waals surface area contributed by atoms with E-state index >= 15 is 0 Å².